The van der Waals surface area contributed by atoms with Gasteiger partial charge in [0.25, 0.3) is 5.78 Å². The van der Waals surface area contributed by atoms with Crippen LogP contribution in [0.4, 0.5) is 5.69 Å². The Hall–Kier alpha value is -2.39. The lowest BCUT2D eigenvalue weighted by molar-refractivity contribution is -0.113. The first-order valence-electron chi connectivity index (χ1n) is 5.98. The third-order valence-electron chi connectivity index (χ3n) is 3.13. The molecule has 0 fully saturated rings. The summed E-state index contributed by atoms with van der Waals surface area (Å²) in [5.74, 6) is 0.0443. The molecule has 0 N–H and O–H groups in total. The van der Waals surface area contributed by atoms with Crippen molar-refractivity contribution in [2.45, 2.75) is 0 Å². The van der Waals surface area contributed by atoms with Crippen molar-refractivity contribution in [3.8, 4) is 11.5 Å². The highest BCUT2D eigenvalue weighted by Gasteiger charge is 2.46. The number of carbonyl (C=O) groups is 2. The van der Waals surface area contributed by atoms with Crippen LogP contribution in [-0.4, -0.2) is 11.7 Å². The van der Waals surface area contributed by atoms with E-state index in [0.717, 1.165) is 0 Å². The normalized spacial score (nSPS) is 16.7. The lowest BCUT2D eigenvalue weighted by Crippen LogP contribution is -2.26. The first-order valence-corrected chi connectivity index (χ1v) is 7.11. The molecule has 0 saturated carbocycles. The molecule has 98 valence electrons. The van der Waals surface area contributed by atoms with E-state index in [1.807, 2.05) is 12.1 Å². The molecular formula is C14H8NO4P. The molecule has 0 aromatic heterocycles. The van der Waals surface area contributed by atoms with Crippen molar-refractivity contribution in [1.29, 1.82) is 0 Å². The molecular weight excluding hydrogens is 277 g/mol. The second-order valence-electron chi connectivity index (χ2n) is 4.33. The Morgan fingerprint density at radius 2 is 1.45 bits per heavy atom. The Kier molecular flexibility index (Phi) is 2.32. The highest BCUT2D eigenvalue weighted by atomic mass is 31.2. The van der Waals surface area contributed by atoms with Crippen LogP contribution in [-0.2, 0) is 4.79 Å². The Morgan fingerprint density at radius 1 is 0.850 bits per heavy atom. The average molecular weight is 285 g/mol. The molecule has 2 aromatic carbocycles. The zero-order chi connectivity index (χ0) is 13.7. The van der Waals surface area contributed by atoms with E-state index in [2.05, 4.69) is 0 Å². The Balaban J connectivity index is 1.75. The molecule has 6 heteroatoms. The number of para-hydroxylation sites is 3. The smallest absolute Gasteiger partial charge is 0.418 e. The molecule has 0 aliphatic carbocycles. The maximum atomic E-state index is 12.1. The van der Waals surface area contributed by atoms with Crippen molar-refractivity contribution < 1.29 is 18.6 Å². The summed E-state index contributed by atoms with van der Waals surface area (Å²) in [4.78, 5) is 24.1. The maximum Gasteiger partial charge on any atom is 0.425 e. The van der Waals surface area contributed by atoms with Crippen molar-refractivity contribution >= 4 is 25.9 Å². The summed E-state index contributed by atoms with van der Waals surface area (Å²) < 4.78 is 12.6. The zero-order valence-electron chi connectivity index (χ0n) is 10.1. The number of hydrogen-bond acceptors (Lipinski definition) is 4. The molecule has 0 radical (unpaired) electrons. The largest absolute Gasteiger partial charge is 0.425 e. The highest BCUT2D eigenvalue weighted by molar-refractivity contribution is 7.52. The quantitative estimate of drug-likeness (QED) is 0.597. The fourth-order valence-electron chi connectivity index (χ4n) is 2.20. The van der Waals surface area contributed by atoms with E-state index in [1.165, 1.54) is 4.67 Å². The average Bonchev–Trinajstić information content (AvgIpc) is 3.00. The lowest BCUT2D eigenvalue weighted by atomic mass is 10.1. The minimum absolute atomic E-state index is 0.392. The number of fused-ring (bicyclic) bond motifs is 2. The fraction of sp³-hybridized carbons (Fsp3) is 0. The van der Waals surface area contributed by atoms with Crippen molar-refractivity contribution in [1.82, 2.24) is 0 Å². The number of Topliss-reactive ketones (excluding diaryl/α,β-unsaturated/α-hetero) is 1. The van der Waals surface area contributed by atoms with Crippen LogP contribution in [0.15, 0.2) is 48.5 Å². The molecule has 0 saturated heterocycles. The van der Waals surface area contributed by atoms with Crippen molar-refractivity contribution in [2.75, 3.05) is 4.67 Å². The van der Waals surface area contributed by atoms with E-state index in [0.29, 0.717) is 22.7 Å². The molecule has 5 nitrogen and oxygen atoms in total. The van der Waals surface area contributed by atoms with Crippen LogP contribution in [0.2, 0.25) is 0 Å². The van der Waals surface area contributed by atoms with Crippen LogP contribution in [0.3, 0.4) is 0 Å². The van der Waals surface area contributed by atoms with Gasteiger partial charge in [0.05, 0.1) is 11.3 Å². The van der Waals surface area contributed by atoms with Crippen molar-refractivity contribution in [3.63, 3.8) is 0 Å². The summed E-state index contributed by atoms with van der Waals surface area (Å²) in [6.45, 7) is 0. The summed E-state index contributed by atoms with van der Waals surface area (Å²) >= 11 is 0. The standard InChI is InChI=1S/C14H8NO4P/c16-13-9-5-1-2-6-10(9)15(14(13)17)20-18-11-7-3-4-8-12(11)19-20/h1-8H. The number of ketones is 1. The summed E-state index contributed by atoms with van der Waals surface area (Å²) in [5.41, 5.74) is 0.935. The number of rotatable bonds is 1. The van der Waals surface area contributed by atoms with Crippen molar-refractivity contribution in [3.05, 3.63) is 54.1 Å². The summed E-state index contributed by atoms with van der Waals surface area (Å²) in [7, 11) is -1.66. The Morgan fingerprint density at radius 3 is 2.15 bits per heavy atom. The lowest BCUT2D eigenvalue weighted by Gasteiger charge is -2.19. The van der Waals surface area contributed by atoms with Gasteiger partial charge in [0.2, 0.25) is 0 Å². The van der Waals surface area contributed by atoms with E-state index in [9.17, 15) is 9.59 Å². The second-order valence-corrected chi connectivity index (χ2v) is 5.57. The van der Waals surface area contributed by atoms with Crippen LogP contribution in [0.1, 0.15) is 10.4 Å². The maximum absolute atomic E-state index is 12.1. The number of amides is 1. The topological polar surface area (TPSA) is 55.8 Å². The summed E-state index contributed by atoms with van der Waals surface area (Å²) in [6, 6.07) is 14.0. The van der Waals surface area contributed by atoms with Gasteiger partial charge in [-0.15, -0.1) is 0 Å². The van der Waals surface area contributed by atoms with Gasteiger partial charge in [-0.3, -0.25) is 9.59 Å². The molecule has 2 aromatic rings. The minimum Gasteiger partial charge on any atom is -0.418 e. The van der Waals surface area contributed by atoms with Gasteiger partial charge < -0.3 is 9.05 Å². The molecule has 2 heterocycles. The van der Waals surface area contributed by atoms with Gasteiger partial charge in [0.1, 0.15) is 0 Å². The van der Waals surface area contributed by atoms with Gasteiger partial charge in [0.15, 0.2) is 11.5 Å². The van der Waals surface area contributed by atoms with Gasteiger partial charge in [-0.05, 0) is 24.3 Å². The molecule has 0 spiro atoms. The molecule has 2 aliphatic heterocycles. The molecule has 2 aliphatic rings. The third-order valence-corrected chi connectivity index (χ3v) is 4.56. The molecule has 0 bridgehead atoms. The molecule has 4 rings (SSSR count). The second kappa shape index (κ2) is 4.05. The fourth-order valence-corrected chi connectivity index (χ4v) is 3.63. The van der Waals surface area contributed by atoms with Crippen molar-refractivity contribution in [2.24, 2.45) is 0 Å². The van der Waals surface area contributed by atoms with E-state index < -0.39 is 20.2 Å². The number of anilines is 1. The van der Waals surface area contributed by atoms with Gasteiger partial charge in [-0.1, -0.05) is 24.3 Å². The molecule has 20 heavy (non-hydrogen) atoms. The van der Waals surface area contributed by atoms with E-state index in [4.69, 9.17) is 9.05 Å². The van der Waals surface area contributed by atoms with Gasteiger partial charge in [0, 0.05) is 0 Å². The predicted octanol–water partition coefficient (Wildman–Crippen LogP) is 2.91. The van der Waals surface area contributed by atoms with Gasteiger partial charge in [-0.2, -0.15) is 0 Å². The van der Waals surface area contributed by atoms with E-state index in [1.54, 1.807) is 36.4 Å². The predicted molar refractivity (Wildman–Crippen MR) is 72.9 cm³/mol. The molecule has 1 amide bonds. The number of nitrogens with zero attached hydrogens (tertiary/aromatic N) is 1. The van der Waals surface area contributed by atoms with Crippen LogP contribution in [0.5, 0.6) is 11.5 Å². The van der Waals surface area contributed by atoms with Gasteiger partial charge >= 0.3 is 14.4 Å². The third kappa shape index (κ3) is 1.47. The van der Waals surface area contributed by atoms with Crippen LogP contribution in [0, 0.1) is 0 Å². The zero-order valence-corrected chi connectivity index (χ0v) is 11.0. The van der Waals surface area contributed by atoms with Gasteiger partial charge in [-0.25, -0.2) is 4.67 Å². The molecule has 0 atom stereocenters. The van der Waals surface area contributed by atoms with Crippen LogP contribution >= 0.6 is 8.53 Å². The first kappa shape index (κ1) is 11.4. The summed E-state index contributed by atoms with van der Waals surface area (Å²) in [5, 5.41) is 0. The monoisotopic (exact) mass is 285 g/mol. The number of hydrogen-bond donors (Lipinski definition) is 0. The van der Waals surface area contributed by atoms with E-state index >= 15 is 0 Å². The highest BCUT2D eigenvalue weighted by Crippen LogP contribution is 2.57. The van der Waals surface area contributed by atoms with Crippen LogP contribution in [0.25, 0.3) is 0 Å². The summed E-state index contributed by atoms with van der Waals surface area (Å²) in [6.07, 6.45) is 0. The van der Waals surface area contributed by atoms with Crippen LogP contribution < -0.4 is 13.7 Å². The molecule has 0 unspecified atom stereocenters. The minimum atomic E-state index is -1.66. The van der Waals surface area contributed by atoms with E-state index in [-0.39, 0.29) is 0 Å². The number of carbonyl (C=O) groups excluding carboxylic acids is 2. The first-order chi connectivity index (χ1) is 9.75. The SMILES string of the molecule is O=C1C(=O)N(P2Oc3ccccc3O2)c2ccccc21. The Bertz CT molecular complexity index is 720. The number of benzene rings is 2. The Labute approximate surface area is 115 Å².